The minimum atomic E-state index is -3.33. The van der Waals surface area contributed by atoms with E-state index in [1.165, 1.54) is 11.7 Å². The Morgan fingerprint density at radius 3 is 2.54 bits per heavy atom. The van der Waals surface area contributed by atoms with E-state index < -0.39 is 9.84 Å². The molecule has 0 atom stereocenters. The first-order chi connectivity index (χ1) is 12.3. The second kappa shape index (κ2) is 6.79. The van der Waals surface area contributed by atoms with Gasteiger partial charge >= 0.3 is 0 Å². The van der Waals surface area contributed by atoms with Crippen molar-refractivity contribution in [2.75, 3.05) is 24.8 Å². The molecule has 3 rings (SSSR count). The lowest BCUT2D eigenvalue weighted by molar-refractivity contribution is 0.405. The van der Waals surface area contributed by atoms with Gasteiger partial charge in [0.05, 0.1) is 17.8 Å². The fourth-order valence-corrected chi connectivity index (χ4v) is 3.95. The van der Waals surface area contributed by atoms with Crippen LogP contribution in [0.15, 0.2) is 40.2 Å². The lowest BCUT2D eigenvalue weighted by atomic mass is 10.0. The average molecular weight is 376 g/mol. The molecule has 1 heterocycles. The van der Waals surface area contributed by atoms with Crippen molar-refractivity contribution in [1.29, 1.82) is 0 Å². The first kappa shape index (κ1) is 18.5. The Kier molecular flexibility index (Phi) is 4.84. The number of aryl methyl sites for hydroxylation is 1. The second-order valence-electron chi connectivity index (χ2n) is 6.64. The predicted octanol–water partition coefficient (Wildman–Crippen LogP) is 2.45. The topological polar surface area (TPSA) is 68.6 Å². The van der Waals surface area contributed by atoms with Gasteiger partial charge in [0.2, 0.25) is 0 Å². The lowest BCUT2D eigenvalue weighted by Gasteiger charge is -2.23. The third-order valence-corrected chi connectivity index (χ3v) is 6.60. The van der Waals surface area contributed by atoms with Crippen LogP contribution >= 0.6 is 0 Å². The molecule has 1 aromatic carbocycles. The molecule has 0 N–H and O–H groups in total. The van der Waals surface area contributed by atoms with E-state index in [0.717, 1.165) is 29.7 Å². The van der Waals surface area contributed by atoms with Gasteiger partial charge in [0, 0.05) is 43.1 Å². The summed E-state index contributed by atoms with van der Waals surface area (Å²) in [7, 11) is 1.80. The first-order valence-corrected chi connectivity index (χ1v) is 10.3. The van der Waals surface area contributed by atoms with E-state index in [9.17, 15) is 13.2 Å². The summed E-state index contributed by atoms with van der Waals surface area (Å²) >= 11 is 0. The molecule has 0 unspecified atom stereocenters. The van der Waals surface area contributed by atoms with Crippen molar-refractivity contribution in [3.8, 4) is 16.9 Å². The standard InChI is InChI=1S/C19H24N2O4S/c1-5-26(23,24)15-8-9-17(21(3)14-6-7-14)16(11-15)13-10-18(25-4)19(22)20(2)12-13/h8-12,14H,5-7H2,1-4H3. The first-order valence-electron chi connectivity index (χ1n) is 8.63. The molecule has 26 heavy (non-hydrogen) atoms. The molecule has 140 valence electrons. The highest BCUT2D eigenvalue weighted by Crippen LogP contribution is 2.38. The van der Waals surface area contributed by atoms with Gasteiger partial charge < -0.3 is 14.2 Å². The zero-order chi connectivity index (χ0) is 19.1. The summed E-state index contributed by atoms with van der Waals surface area (Å²) in [5.41, 5.74) is 2.25. The van der Waals surface area contributed by atoms with E-state index >= 15 is 0 Å². The second-order valence-corrected chi connectivity index (χ2v) is 8.92. The molecule has 1 aliphatic rings. The number of methoxy groups -OCH3 is 1. The van der Waals surface area contributed by atoms with Crippen molar-refractivity contribution in [3.05, 3.63) is 40.8 Å². The van der Waals surface area contributed by atoms with Crippen molar-refractivity contribution in [2.24, 2.45) is 7.05 Å². The van der Waals surface area contributed by atoms with Gasteiger partial charge in [-0.25, -0.2) is 8.42 Å². The fraction of sp³-hybridized carbons (Fsp3) is 0.421. The van der Waals surface area contributed by atoms with Crippen LogP contribution in [-0.2, 0) is 16.9 Å². The maximum Gasteiger partial charge on any atom is 0.292 e. The molecule has 0 aliphatic heterocycles. The molecule has 0 saturated heterocycles. The Bertz CT molecular complexity index is 991. The Labute approximate surface area is 153 Å². The summed E-state index contributed by atoms with van der Waals surface area (Å²) in [6.45, 7) is 1.63. The van der Waals surface area contributed by atoms with Crippen LogP contribution < -0.4 is 15.2 Å². The molecule has 1 fully saturated rings. The number of rotatable bonds is 6. The van der Waals surface area contributed by atoms with Gasteiger partial charge in [0.15, 0.2) is 15.6 Å². The number of sulfone groups is 1. The quantitative estimate of drug-likeness (QED) is 0.775. The molecule has 0 bridgehead atoms. The molecule has 0 radical (unpaired) electrons. The van der Waals surface area contributed by atoms with Crippen molar-refractivity contribution in [2.45, 2.75) is 30.7 Å². The molecule has 2 aromatic rings. The van der Waals surface area contributed by atoms with Crippen LogP contribution in [0.1, 0.15) is 19.8 Å². The van der Waals surface area contributed by atoms with E-state index in [1.807, 2.05) is 13.1 Å². The summed E-state index contributed by atoms with van der Waals surface area (Å²) in [6.07, 6.45) is 3.97. The summed E-state index contributed by atoms with van der Waals surface area (Å²) in [4.78, 5) is 14.6. The van der Waals surface area contributed by atoms with Crippen molar-refractivity contribution in [3.63, 3.8) is 0 Å². The SMILES string of the molecule is CCS(=O)(=O)c1ccc(N(C)C2CC2)c(-c2cc(OC)c(=O)n(C)c2)c1. The minimum absolute atomic E-state index is 0.0425. The minimum Gasteiger partial charge on any atom is -0.491 e. The van der Waals surface area contributed by atoms with Gasteiger partial charge in [0.25, 0.3) is 5.56 Å². The highest BCUT2D eigenvalue weighted by molar-refractivity contribution is 7.91. The van der Waals surface area contributed by atoms with Crippen LogP contribution in [0.5, 0.6) is 5.75 Å². The number of nitrogens with zero attached hydrogens (tertiary/aromatic N) is 2. The van der Waals surface area contributed by atoms with Gasteiger partial charge in [-0.2, -0.15) is 0 Å². The van der Waals surface area contributed by atoms with Crippen LogP contribution in [0.3, 0.4) is 0 Å². The van der Waals surface area contributed by atoms with E-state index in [0.29, 0.717) is 6.04 Å². The molecule has 0 amide bonds. The number of ether oxygens (including phenoxy) is 1. The summed E-state index contributed by atoms with van der Waals surface area (Å²) < 4.78 is 31.4. The third-order valence-electron chi connectivity index (χ3n) is 4.86. The maximum atomic E-state index is 12.4. The van der Waals surface area contributed by atoms with E-state index in [2.05, 4.69) is 4.90 Å². The van der Waals surface area contributed by atoms with Gasteiger partial charge in [-0.05, 0) is 37.1 Å². The Balaban J connectivity index is 2.24. The van der Waals surface area contributed by atoms with Crippen LogP contribution in [0, 0.1) is 0 Å². The maximum absolute atomic E-state index is 12.4. The summed E-state index contributed by atoms with van der Waals surface area (Å²) in [5, 5.41) is 0. The van der Waals surface area contributed by atoms with Crippen LogP contribution in [0.4, 0.5) is 5.69 Å². The average Bonchev–Trinajstić information content (AvgIpc) is 3.48. The van der Waals surface area contributed by atoms with Gasteiger partial charge in [-0.3, -0.25) is 4.79 Å². The summed E-state index contributed by atoms with van der Waals surface area (Å²) in [6, 6.07) is 7.36. The predicted molar refractivity (Wildman–Crippen MR) is 103 cm³/mol. The van der Waals surface area contributed by atoms with Crippen LogP contribution in [0.2, 0.25) is 0 Å². The van der Waals surface area contributed by atoms with Crippen molar-refractivity contribution in [1.82, 2.24) is 4.57 Å². The smallest absolute Gasteiger partial charge is 0.292 e. The van der Waals surface area contributed by atoms with Crippen LogP contribution in [0.25, 0.3) is 11.1 Å². The molecule has 7 heteroatoms. The molecule has 1 aromatic heterocycles. The number of pyridine rings is 1. The number of aromatic nitrogens is 1. The zero-order valence-electron chi connectivity index (χ0n) is 15.5. The summed E-state index contributed by atoms with van der Waals surface area (Å²) in [5.74, 6) is 0.273. The highest BCUT2D eigenvalue weighted by Gasteiger charge is 2.28. The van der Waals surface area contributed by atoms with Gasteiger partial charge in [-0.15, -0.1) is 0 Å². The Hall–Kier alpha value is -2.28. The van der Waals surface area contributed by atoms with Crippen molar-refractivity contribution >= 4 is 15.5 Å². The van der Waals surface area contributed by atoms with Gasteiger partial charge in [-0.1, -0.05) is 6.92 Å². The molecule has 1 saturated carbocycles. The number of benzene rings is 1. The number of anilines is 1. The van der Waals surface area contributed by atoms with E-state index in [-0.39, 0.29) is 22.0 Å². The number of hydrogen-bond acceptors (Lipinski definition) is 5. The van der Waals surface area contributed by atoms with E-state index in [1.54, 1.807) is 38.4 Å². The number of hydrogen-bond donors (Lipinski definition) is 0. The largest absolute Gasteiger partial charge is 0.491 e. The monoisotopic (exact) mass is 376 g/mol. The highest BCUT2D eigenvalue weighted by atomic mass is 32.2. The molecule has 6 nitrogen and oxygen atoms in total. The fourth-order valence-electron chi connectivity index (χ4n) is 3.05. The normalized spacial score (nSPS) is 14.3. The lowest BCUT2D eigenvalue weighted by Crippen LogP contribution is -2.21. The molecule has 0 spiro atoms. The zero-order valence-corrected chi connectivity index (χ0v) is 16.3. The Morgan fingerprint density at radius 2 is 1.96 bits per heavy atom. The molecular formula is C19H24N2O4S. The van der Waals surface area contributed by atoms with Crippen molar-refractivity contribution < 1.29 is 13.2 Å². The molecule has 1 aliphatic carbocycles. The van der Waals surface area contributed by atoms with Crippen LogP contribution in [-0.4, -0.2) is 38.9 Å². The third kappa shape index (κ3) is 3.35. The van der Waals surface area contributed by atoms with Gasteiger partial charge in [0.1, 0.15) is 0 Å². The molecular weight excluding hydrogens is 352 g/mol. The van der Waals surface area contributed by atoms with E-state index in [4.69, 9.17) is 4.74 Å². The Morgan fingerprint density at radius 1 is 1.27 bits per heavy atom.